The second kappa shape index (κ2) is 6.02. The molecule has 114 valence electrons. The number of carbonyl (C=O) groups excluding carboxylic acids is 1. The number of carbonyl (C=O) groups is 1. The highest BCUT2D eigenvalue weighted by Gasteiger charge is 2.44. The fourth-order valence-corrected chi connectivity index (χ4v) is 4.40. The molecule has 4 atom stereocenters. The minimum absolute atomic E-state index is 0.0631. The van der Waals surface area contributed by atoms with Crippen molar-refractivity contribution in [1.82, 2.24) is 15.1 Å². The van der Waals surface area contributed by atoms with Crippen molar-refractivity contribution >= 4 is 5.91 Å². The third kappa shape index (κ3) is 2.48. The summed E-state index contributed by atoms with van der Waals surface area (Å²) in [6.07, 6.45) is 8.48. The van der Waals surface area contributed by atoms with E-state index in [9.17, 15) is 4.79 Å². The number of amides is 1. The highest BCUT2D eigenvalue weighted by Crippen LogP contribution is 2.32. The first-order valence-electron chi connectivity index (χ1n) is 8.56. The Hall–Kier alpha value is -0.610. The van der Waals surface area contributed by atoms with E-state index in [0.717, 1.165) is 25.3 Å². The van der Waals surface area contributed by atoms with E-state index in [4.69, 9.17) is 0 Å². The van der Waals surface area contributed by atoms with Gasteiger partial charge >= 0.3 is 0 Å². The Morgan fingerprint density at radius 3 is 2.80 bits per heavy atom. The molecule has 3 saturated heterocycles. The number of piperidine rings is 1. The minimum atomic E-state index is 0.0631. The molecule has 4 heteroatoms. The molecule has 1 N–H and O–H groups in total. The van der Waals surface area contributed by atoms with Gasteiger partial charge in [0.2, 0.25) is 5.91 Å². The average molecular weight is 279 g/mol. The van der Waals surface area contributed by atoms with E-state index < -0.39 is 0 Å². The van der Waals surface area contributed by atoms with Crippen molar-refractivity contribution in [2.45, 2.75) is 83.1 Å². The zero-order valence-corrected chi connectivity index (χ0v) is 13.0. The van der Waals surface area contributed by atoms with Gasteiger partial charge in [-0.2, -0.15) is 0 Å². The molecular formula is C16H29N3O. The number of rotatable bonds is 4. The number of fused-ring (bicyclic) bond motifs is 1. The Balaban J connectivity index is 1.71. The molecule has 0 aromatic rings. The molecule has 0 aromatic heterocycles. The molecule has 3 aliphatic rings. The number of hydrogen-bond donors (Lipinski definition) is 1. The summed E-state index contributed by atoms with van der Waals surface area (Å²) in [6, 6.07) is 1.28. The molecule has 0 aromatic carbocycles. The summed E-state index contributed by atoms with van der Waals surface area (Å²) in [7, 11) is 0. The smallest absolute Gasteiger partial charge is 0.241 e. The van der Waals surface area contributed by atoms with Gasteiger partial charge in [0.25, 0.3) is 0 Å². The highest BCUT2D eigenvalue weighted by molar-refractivity contribution is 5.84. The van der Waals surface area contributed by atoms with Crippen molar-refractivity contribution in [3.8, 4) is 0 Å². The lowest BCUT2D eigenvalue weighted by atomic mass is 9.95. The molecule has 0 spiro atoms. The van der Waals surface area contributed by atoms with Crippen LogP contribution in [0.25, 0.3) is 0 Å². The standard InChI is InChI=1S/C16H29N3O/c1-3-6-15-17-14(4-2)16(20)19(15)13-8-10-18-9-5-7-12(18)11-13/h12-15,17H,3-11H2,1-2H3. The summed E-state index contributed by atoms with van der Waals surface area (Å²) in [5.74, 6) is 0.363. The van der Waals surface area contributed by atoms with E-state index in [1.807, 2.05) is 0 Å². The summed E-state index contributed by atoms with van der Waals surface area (Å²) in [5.41, 5.74) is 0. The fraction of sp³-hybridized carbons (Fsp3) is 0.938. The van der Waals surface area contributed by atoms with Crippen LogP contribution in [0.15, 0.2) is 0 Å². The molecule has 3 aliphatic heterocycles. The van der Waals surface area contributed by atoms with Crippen molar-refractivity contribution < 1.29 is 4.79 Å². The molecule has 4 unspecified atom stereocenters. The van der Waals surface area contributed by atoms with Crippen molar-refractivity contribution in [3.63, 3.8) is 0 Å². The van der Waals surface area contributed by atoms with E-state index in [-0.39, 0.29) is 12.2 Å². The Kier molecular flexibility index (Phi) is 4.32. The van der Waals surface area contributed by atoms with Crippen molar-refractivity contribution in [2.75, 3.05) is 13.1 Å². The first-order valence-corrected chi connectivity index (χ1v) is 8.56. The predicted molar refractivity (Wildman–Crippen MR) is 80.4 cm³/mol. The molecular weight excluding hydrogens is 250 g/mol. The quantitative estimate of drug-likeness (QED) is 0.854. The van der Waals surface area contributed by atoms with Gasteiger partial charge in [-0.25, -0.2) is 0 Å². The van der Waals surface area contributed by atoms with E-state index in [2.05, 4.69) is 29.0 Å². The molecule has 4 nitrogen and oxygen atoms in total. The molecule has 20 heavy (non-hydrogen) atoms. The van der Waals surface area contributed by atoms with Crippen LogP contribution < -0.4 is 5.32 Å². The monoisotopic (exact) mass is 279 g/mol. The zero-order chi connectivity index (χ0) is 14.1. The van der Waals surface area contributed by atoms with Crippen LogP contribution in [-0.2, 0) is 4.79 Å². The maximum absolute atomic E-state index is 12.7. The normalized spacial score (nSPS) is 38.5. The van der Waals surface area contributed by atoms with Gasteiger partial charge in [-0.05, 0) is 45.1 Å². The van der Waals surface area contributed by atoms with Gasteiger partial charge in [0.1, 0.15) is 0 Å². The van der Waals surface area contributed by atoms with Crippen molar-refractivity contribution in [2.24, 2.45) is 0 Å². The van der Waals surface area contributed by atoms with Crippen LogP contribution in [0.3, 0.4) is 0 Å². The first kappa shape index (κ1) is 14.3. The van der Waals surface area contributed by atoms with E-state index in [1.54, 1.807) is 0 Å². The zero-order valence-electron chi connectivity index (χ0n) is 13.0. The lowest BCUT2D eigenvalue weighted by Gasteiger charge is -2.41. The van der Waals surface area contributed by atoms with Crippen LogP contribution in [0.4, 0.5) is 0 Å². The van der Waals surface area contributed by atoms with Gasteiger partial charge in [-0.1, -0.05) is 20.3 Å². The van der Waals surface area contributed by atoms with Gasteiger partial charge in [0.15, 0.2) is 0 Å². The highest BCUT2D eigenvalue weighted by atomic mass is 16.2. The minimum Gasteiger partial charge on any atom is -0.323 e. The summed E-state index contributed by atoms with van der Waals surface area (Å²) >= 11 is 0. The van der Waals surface area contributed by atoms with Gasteiger partial charge < -0.3 is 9.80 Å². The Bertz CT molecular complexity index is 360. The van der Waals surface area contributed by atoms with Gasteiger partial charge in [-0.15, -0.1) is 0 Å². The maximum Gasteiger partial charge on any atom is 0.241 e. The van der Waals surface area contributed by atoms with Crippen LogP contribution in [-0.4, -0.2) is 53.1 Å². The van der Waals surface area contributed by atoms with Crippen LogP contribution in [0, 0.1) is 0 Å². The number of nitrogens with zero attached hydrogens (tertiary/aromatic N) is 2. The first-order chi connectivity index (χ1) is 9.74. The van der Waals surface area contributed by atoms with E-state index in [1.165, 1.54) is 38.8 Å². The molecule has 0 aliphatic carbocycles. The predicted octanol–water partition coefficient (Wildman–Crippen LogP) is 1.95. The summed E-state index contributed by atoms with van der Waals surface area (Å²) in [5, 5.41) is 3.56. The van der Waals surface area contributed by atoms with Gasteiger partial charge in [0, 0.05) is 18.6 Å². The second-order valence-electron chi connectivity index (χ2n) is 6.69. The fourth-order valence-electron chi connectivity index (χ4n) is 4.40. The SMILES string of the molecule is CCCC1NC(CC)C(=O)N1C1CCN2CCCC2C1. The van der Waals surface area contributed by atoms with Gasteiger partial charge in [0.05, 0.1) is 12.2 Å². The van der Waals surface area contributed by atoms with Crippen LogP contribution >= 0.6 is 0 Å². The average Bonchev–Trinajstić information content (AvgIpc) is 3.03. The van der Waals surface area contributed by atoms with E-state index >= 15 is 0 Å². The number of hydrogen-bond acceptors (Lipinski definition) is 3. The summed E-state index contributed by atoms with van der Waals surface area (Å²) < 4.78 is 0. The summed E-state index contributed by atoms with van der Waals surface area (Å²) in [6.45, 7) is 6.79. The molecule has 0 radical (unpaired) electrons. The van der Waals surface area contributed by atoms with Crippen molar-refractivity contribution in [1.29, 1.82) is 0 Å². The lowest BCUT2D eigenvalue weighted by Crippen LogP contribution is -2.51. The topological polar surface area (TPSA) is 35.6 Å². The second-order valence-corrected chi connectivity index (χ2v) is 6.69. The Labute approximate surface area is 122 Å². The molecule has 3 heterocycles. The molecule has 3 fully saturated rings. The lowest BCUT2D eigenvalue weighted by molar-refractivity contribution is -0.133. The van der Waals surface area contributed by atoms with Crippen LogP contribution in [0.2, 0.25) is 0 Å². The molecule has 3 rings (SSSR count). The summed E-state index contributed by atoms with van der Waals surface area (Å²) in [4.78, 5) is 17.5. The number of nitrogens with one attached hydrogen (secondary N) is 1. The van der Waals surface area contributed by atoms with Crippen LogP contribution in [0.5, 0.6) is 0 Å². The third-order valence-electron chi connectivity index (χ3n) is 5.44. The van der Waals surface area contributed by atoms with Crippen LogP contribution in [0.1, 0.15) is 58.8 Å². The Morgan fingerprint density at radius 2 is 2.05 bits per heavy atom. The van der Waals surface area contributed by atoms with E-state index in [0.29, 0.717) is 11.9 Å². The largest absolute Gasteiger partial charge is 0.323 e. The van der Waals surface area contributed by atoms with Crippen molar-refractivity contribution in [3.05, 3.63) is 0 Å². The molecule has 1 amide bonds. The molecule has 0 saturated carbocycles. The maximum atomic E-state index is 12.7. The Morgan fingerprint density at radius 1 is 1.20 bits per heavy atom. The molecule has 0 bridgehead atoms. The van der Waals surface area contributed by atoms with Gasteiger partial charge in [-0.3, -0.25) is 10.1 Å². The third-order valence-corrected chi connectivity index (χ3v) is 5.44.